The van der Waals surface area contributed by atoms with Gasteiger partial charge in [-0.2, -0.15) is 0 Å². The first-order chi connectivity index (χ1) is 19.6. The summed E-state index contributed by atoms with van der Waals surface area (Å²) in [6.07, 6.45) is 3.87. The molecule has 0 heterocycles. The van der Waals surface area contributed by atoms with E-state index in [9.17, 15) is 18.0 Å². The Hall–Kier alpha value is -3.27. The van der Waals surface area contributed by atoms with Gasteiger partial charge in [0.1, 0.15) is 18.3 Å². The second-order valence-corrected chi connectivity index (χ2v) is 12.7. The first-order valence-corrected chi connectivity index (χ1v) is 15.5. The van der Waals surface area contributed by atoms with Gasteiger partial charge in [-0.15, -0.1) is 0 Å². The van der Waals surface area contributed by atoms with E-state index in [1.54, 1.807) is 56.5 Å². The molecule has 1 saturated carbocycles. The van der Waals surface area contributed by atoms with Crippen LogP contribution in [0.5, 0.6) is 5.75 Å². The predicted octanol–water partition coefficient (Wildman–Crippen LogP) is 5.67. The number of benzene rings is 3. The smallest absolute Gasteiger partial charge is 0.264 e. The summed E-state index contributed by atoms with van der Waals surface area (Å²) in [5, 5.41) is 3.49. The number of carbonyl (C=O) groups is 2. The highest BCUT2D eigenvalue weighted by molar-refractivity contribution is 7.92. The molecule has 41 heavy (non-hydrogen) atoms. The lowest BCUT2D eigenvalue weighted by Gasteiger charge is -2.32. The Labute approximate surface area is 251 Å². The number of hydrogen-bond acceptors (Lipinski definition) is 5. The molecule has 0 spiro atoms. The van der Waals surface area contributed by atoms with Crippen molar-refractivity contribution in [3.05, 3.63) is 88.4 Å². The summed E-state index contributed by atoms with van der Waals surface area (Å²) in [6, 6.07) is 18.5. The molecule has 4 rings (SSSR count). The highest BCUT2D eigenvalue weighted by atomic mass is 35.5. The van der Waals surface area contributed by atoms with E-state index < -0.39 is 28.5 Å². The number of amides is 2. The van der Waals surface area contributed by atoms with Gasteiger partial charge in [0.15, 0.2) is 0 Å². The number of anilines is 1. The number of hydrogen-bond donors (Lipinski definition) is 1. The normalized spacial score (nSPS) is 14.3. The van der Waals surface area contributed by atoms with Crippen LogP contribution in [0.4, 0.5) is 5.69 Å². The maximum atomic E-state index is 14.0. The SMILES string of the molecule is COc1ccc(CN(C(=O)CN(c2cc(Cl)cc(Cl)c2)S(=O)(=O)c2ccccc2)[C@@H](C)C(=O)NC2CCCC2)cc1. The molecule has 0 bridgehead atoms. The van der Waals surface area contributed by atoms with Gasteiger partial charge >= 0.3 is 0 Å². The van der Waals surface area contributed by atoms with Crippen molar-refractivity contribution >= 4 is 50.7 Å². The second kappa shape index (κ2) is 13.6. The number of halogens is 2. The Kier molecular flexibility index (Phi) is 10.2. The number of rotatable bonds is 11. The number of ether oxygens (including phenoxy) is 1. The van der Waals surface area contributed by atoms with Crippen molar-refractivity contribution in [1.29, 1.82) is 0 Å². The zero-order valence-corrected chi connectivity index (χ0v) is 25.3. The van der Waals surface area contributed by atoms with E-state index in [4.69, 9.17) is 27.9 Å². The molecule has 1 fully saturated rings. The van der Waals surface area contributed by atoms with Crippen LogP contribution in [-0.4, -0.2) is 50.9 Å². The summed E-state index contributed by atoms with van der Waals surface area (Å²) in [5.74, 6) is -0.205. The van der Waals surface area contributed by atoms with Crippen molar-refractivity contribution < 1.29 is 22.7 Å². The van der Waals surface area contributed by atoms with Gasteiger partial charge in [0.2, 0.25) is 11.8 Å². The molecule has 0 unspecified atom stereocenters. The summed E-state index contributed by atoms with van der Waals surface area (Å²) in [4.78, 5) is 28.7. The van der Waals surface area contributed by atoms with E-state index in [0.717, 1.165) is 35.6 Å². The van der Waals surface area contributed by atoms with Gasteiger partial charge in [0.05, 0.1) is 17.7 Å². The number of sulfonamides is 1. The third kappa shape index (κ3) is 7.72. The van der Waals surface area contributed by atoms with Gasteiger partial charge in [0, 0.05) is 22.6 Å². The Morgan fingerprint density at radius 1 is 0.976 bits per heavy atom. The minimum atomic E-state index is -4.21. The van der Waals surface area contributed by atoms with E-state index in [2.05, 4.69) is 5.32 Å². The Morgan fingerprint density at radius 3 is 2.17 bits per heavy atom. The lowest BCUT2D eigenvalue weighted by molar-refractivity contribution is -0.139. The molecule has 3 aromatic rings. The summed E-state index contributed by atoms with van der Waals surface area (Å²) in [6.45, 7) is 1.15. The highest BCUT2D eigenvalue weighted by Gasteiger charge is 2.33. The molecular formula is C30H33Cl2N3O5S. The Balaban J connectivity index is 1.69. The fraction of sp³-hybridized carbons (Fsp3) is 0.333. The monoisotopic (exact) mass is 617 g/mol. The number of nitrogens with one attached hydrogen (secondary N) is 1. The molecule has 1 atom stereocenters. The van der Waals surface area contributed by atoms with Gasteiger partial charge in [-0.3, -0.25) is 13.9 Å². The van der Waals surface area contributed by atoms with Crippen LogP contribution >= 0.6 is 23.2 Å². The first-order valence-electron chi connectivity index (χ1n) is 13.3. The summed E-state index contributed by atoms with van der Waals surface area (Å²) >= 11 is 12.5. The maximum Gasteiger partial charge on any atom is 0.264 e. The fourth-order valence-electron chi connectivity index (χ4n) is 4.83. The quantitative estimate of drug-likeness (QED) is 0.299. The molecule has 0 saturated heterocycles. The standard InChI is InChI=1S/C30H33Cl2N3O5S/c1-21(30(37)33-25-8-6-7-9-25)34(19-22-12-14-27(40-2)15-13-22)29(36)20-35(26-17-23(31)16-24(32)18-26)41(38,39)28-10-4-3-5-11-28/h3-5,10-18,21,25H,6-9,19-20H2,1-2H3,(H,33,37)/t21-/m0/s1. The molecule has 1 N–H and O–H groups in total. The van der Waals surface area contributed by atoms with Crippen LogP contribution < -0.4 is 14.4 Å². The van der Waals surface area contributed by atoms with Crippen LogP contribution in [0.2, 0.25) is 10.0 Å². The average Bonchev–Trinajstić information content (AvgIpc) is 3.47. The summed E-state index contributed by atoms with van der Waals surface area (Å²) in [5.41, 5.74) is 0.884. The first kappa shape index (κ1) is 30.7. The Morgan fingerprint density at radius 2 is 1.59 bits per heavy atom. The molecular weight excluding hydrogens is 585 g/mol. The number of nitrogens with zero attached hydrogens (tertiary/aromatic N) is 2. The van der Waals surface area contributed by atoms with Gasteiger partial charge in [-0.25, -0.2) is 8.42 Å². The minimum absolute atomic E-state index is 0.00220. The van der Waals surface area contributed by atoms with Crippen molar-refractivity contribution in [2.24, 2.45) is 0 Å². The largest absolute Gasteiger partial charge is 0.497 e. The van der Waals surface area contributed by atoms with Crippen molar-refractivity contribution in [1.82, 2.24) is 10.2 Å². The van der Waals surface area contributed by atoms with Gasteiger partial charge in [-0.1, -0.05) is 66.4 Å². The van der Waals surface area contributed by atoms with Crippen molar-refractivity contribution in [2.75, 3.05) is 18.0 Å². The topological polar surface area (TPSA) is 96.0 Å². The average molecular weight is 619 g/mol. The maximum absolute atomic E-state index is 14.0. The molecule has 11 heteroatoms. The molecule has 0 radical (unpaired) electrons. The number of methoxy groups -OCH3 is 1. The zero-order chi connectivity index (χ0) is 29.6. The molecule has 0 aliphatic heterocycles. The lowest BCUT2D eigenvalue weighted by atomic mass is 10.1. The molecule has 8 nitrogen and oxygen atoms in total. The third-order valence-electron chi connectivity index (χ3n) is 7.13. The van der Waals surface area contributed by atoms with E-state index in [1.165, 1.54) is 35.2 Å². The minimum Gasteiger partial charge on any atom is -0.497 e. The molecule has 0 aromatic heterocycles. The molecule has 2 amide bonds. The Bertz CT molecular complexity index is 1440. The van der Waals surface area contributed by atoms with Gasteiger partial charge in [0.25, 0.3) is 10.0 Å². The van der Waals surface area contributed by atoms with Gasteiger partial charge in [-0.05, 0) is 67.8 Å². The van der Waals surface area contributed by atoms with Crippen molar-refractivity contribution in [3.63, 3.8) is 0 Å². The van der Waals surface area contributed by atoms with E-state index in [1.807, 2.05) is 0 Å². The molecule has 1 aliphatic carbocycles. The molecule has 3 aromatic carbocycles. The zero-order valence-electron chi connectivity index (χ0n) is 22.9. The van der Waals surface area contributed by atoms with Crippen LogP contribution in [0, 0.1) is 0 Å². The van der Waals surface area contributed by atoms with Gasteiger partial charge < -0.3 is 15.0 Å². The van der Waals surface area contributed by atoms with E-state index in [0.29, 0.717) is 5.75 Å². The summed E-state index contributed by atoms with van der Waals surface area (Å²) in [7, 11) is -2.65. The van der Waals surface area contributed by atoms with E-state index in [-0.39, 0.29) is 39.1 Å². The number of carbonyl (C=O) groups excluding carboxylic acids is 2. The van der Waals surface area contributed by atoms with Crippen LogP contribution in [0.1, 0.15) is 38.2 Å². The van der Waals surface area contributed by atoms with Crippen molar-refractivity contribution in [2.45, 2.75) is 56.1 Å². The van der Waals surface area contributed by atoms with E-state index >= 15 is 0 Å². The van der Waals surface area contributed by atoms with Crippen LogP contribution in [-0.2, 0) is 26.2 Å². The van der Waals surface area contributed by atoms with Crippen LogP contribution in [0.25, 0.3) is 0 Å². The second-order valence-electron chi connectivity index (χ2n) is 9.99. The molecule has 1 aliphatic rings. The molecule has 218 valence electrons. The highest BCUT2D eigenvalue weighted by Crippen LogP contribution is 2.30. The fourth-order valence-corrected chi connectivity index (χ4v) is 6.77. The third-order valence-corrected chi connectivity index (χ3v) is 9.35. The van der Waals surface area contributed by atoms with Crippen molar-refractivity contribution in [3.8, 4) is 5.75 Å². The van der Waals surface area contributed by atoms with Crippen LogP contribution in [0.15, 0.2) is 77.7 Å². The van der Waals surface area contributed by atoms with Crippen LogP contribution in [0.3, 0.4) is 0 Å². The predicted molar refractivity (Wildman–Crippen MR) is 161 cm³/mol. The lowest BCUT2D eigenvalue weighted by Crippen LogP contribution is -2.52. The summed E-state index contributed by atoms with van der Waals surface area (Å²) < 4.78 is 33.9.